The number of aryl methyl sites for hydroxylation is 3. The number of hydrogen-bond donors (Lipinski definition) is 2. The average molecular weight is 302 g/mol. The third kappa shape index (κ3) is 3.88. The van der Waals surface area contributed by atoms with Crippen LogP contribution < -0.4 is 15.6 Å². The molecule has 0 radical (unpaired) electrons. The Bertz CT molecular complexity index is 691. The number of hydrazine groups is 1. The van der Waals surface area contributed by atoms with Gasteiger partial charge in [-0.2, -0.15) is 0 Å². The first-order valence-corrected chi connectivity index (χ1v) is 6.80. The zero-order chi connectivity index (χ0) is 16.1. The zero-order valence-corrected chi connectivity index (χ0v) is 12.7. The number of hydrogen-bond acceptors (Lipinski definition) is 4. The Balaban J connectivity index is 1.79. The van der Waals surface area contributed by atoms with E-state index in [2.05, 4.69) is 10.9 Å². The largest absolute Gasteiger partial charge is 0.484 e. The van der Waals surface area contributed by atoms with Crippen molar-refractivity contribution in [2.24, 2.45) is 0 Å². The number of amides is 2. The number of rotatable bonds is 4. The first-order valence-electron chi connectivity index (χ1n) is 6.80. The highest BCUT2D eigenvalue weighted by molar-refractivity contribution is 5.96. The maximum Gasteiger partial charge on any atom is 0.276 e. The minimum absolute atomic E-state index is 0.187. The Hall–Kier alpha value is -2.76. The SMILES string of the molecule is Cc1ccc(OCC(=O)NNC(=O)c2ccoc2C)cc1C. The molecule has 6 heteroatoms. The molecule has 1 aromatic heterocycles. The predicted octanol–water partition coefficient (Wildman–Crippen LogP) is 2.04. The van der Waals surface area contributed by atoms with Crippen molar-refractivity contribution in [1.29, 1.82) is 0 Å². The lowest BCUT2D eigenvalue weighted by Gasteiger charge is -2.09. The smallest absolute Gasteiger partial charge is 0.276 e. The first kappa shape index (κ1) is 15.6. The van der Waals surface area contributed by atoms with Crippen molar-refractivity contribution in [3.63, 3.8) is 0 Å². The van der Waals surface area contributed by atoms with Crippen molar-refractivity contribution in [2.45, 2.75) is 20.8 Å². The molecule has 0 bridgehead atoms. The van der Waals surface area contributed by atoms with Crippen molar-refractivity contribution >= 4 is 11.8 Å². The van der Waals surface area contributed by atoms with Crippen LogP contribution in [0.2, 0.25) is 0 Å². The molecule has 0 aliphatic rings. The van der Waals surface area contributed by atoms with E-state index < -0.39 is 11.8 Å². The van der Waals surface area contributed by atoms with Gasteiger partial charge in [-0.15, -0.1) is 0 Å². The van der Waals surface area contributed by atoms with Gasteiger partial charge in [-0.3, -0.25) is 20.4 Å². The van der Waals surface area contributed by atoms with E-state index in [9.17, 15) is 9.59 Å². The summed E-state index contributed by atoms with van der Waals surface area (Å²) in [5.41, 5.74) is 7.20. The van der Waals surface area contributed by atoms with Crippen LogP contribution in [0.5, 0.6) is 5.75 Å². The summed E-state index contributed by atoms with van der Waals surface area (Å²) in [6, 6.07) is 7.10. The number of carbonyl (C=O) groups is 2. The van der Waals surface area contributed by atoms with Gasteiger partial charge >= 0.3 is 0 Å². The number of benzene rings is 1. The Morgan fingerprint density at radius 3 is 2.50 bits per heavy atom. The molecule has 0 aliphatic carbocycles. The number of carbonyl (C=O) groups excluding carboxylic acids is 2. The highest BCUT2D eigenvalue weighted by atomic mass is 16.5. The van der Waals surface area contributed by atoms with Crippen LogP contribution in [0, 0.1) is 20.8 Å². The molecule has 6 nitrogen and oxygen atoms in total. The molecule has 1 aromatic carbocycles. The molecular weight excluding hydrogens is 284 g/mol. The topological polar surface area (TPSA) is 80.6 Å². The van der Waals surface area contributed by atoms with Crippen LogP contribution >= 0.6 is 0 Å². The summed E-state index contributed by atoms with van der Waals surface area (Å²) in [7, 11) is 0. The van der Waals surface area contributed by atoms with E-state index >= 15 is 0 Å². The fourth-order valence-electron chi connectivity index (χ4n) is 1.80. The van der Waals surface area contributed by atoms with Crippen LogP contribution in [0.15, 0.2) is 34.9 Å². The molecule has 0 spiro atoms. The van der Waals surface area contributed by atoms with Gasteiger partial charge in [0.2, 0.25) is 0 Å². The quantitative estimate of drug-likeness (QED) is 0.847. The van der Waals surface area contributed by atoms with E-state index in [0.717, 1.165) is 11.1 Å². The van der Waals surface area contributed by atoms with E-state index in [1.807, 2.05) is 26.0 Å². The molecule has 0 unspecified atom stereocenters. The van der Waals surface area contributed by atoms with Crippen LogP contribution in [0.3, 0.4) is 0 Å². The second-order valence-electron chi connectivity index (χ2n) is 4.93. The van der Waals surface area contributed by atoms with Gasteiger partial charge < -0.3 is 9.15 Å². The molecule has 22 heavy (non-hydrogen) atoms. The van der Waals surface area contributed by atoms with Gasteiger partial charge in [0.05, 0.1) is 11.8 Å². The molecular formula is C16H18N2O4. The van der Waals surface area contributed by atoms with E-state index in [0.29, 0.717) is 17.1 Å². The van der Waals surface area contributed by atoms with Crippen molar-refractivity contribution in [1.82, 2.24) is 10.9 Å². The van der Waals surface area contributed by atoms with Gasteiger partial charge in [0.25, 0.3) is 11.8 Å². The summed E-state index contributed by atoms with van der Waals surface area (Å²) >= 11 is 0. The van der Waals surface area contributed by atoms with Gasteiger partial charge in [-0.1, -0.05) is 6.07 Å². The molecule has 0 saturated heterocycles. The summed E-state index contributed by atoms with van der Waals surface area (Å²) in [6.45, 7) is 5.45. The number of ether oxygens (including phenoxy) is 1. The summed E-state index contributed by atoms with van der Waals surface area (Å²) in [4.78, 5) is 23.4. The number of furan rings is 1. The summed E-state index contributed by atoms with van der Waals surface area (Å²) in [6.07, 6.45) is 1.41. The predicted molar refractivity (Wildman–Crippen MR) is 80.5 cm³/mol. The van der Waals surface area contributed by atoms with Crippen LogP contribution in [-0.4, -0.2) is 18.4 Å². The maximum absolute atomic E-state index is 11.8. The molecule has 2 N–H and O–H groups in total. The normalized spacial score (nSPS) is 10.1. The van der Waals surface area contributed by atoms with Crippen LogP contribution in [0.25, 0.3) is 0 Å². The van der Waals surface area contributed by atoms with Gasteiger partial charge in [-0.25, -0.2) is 0 Å². The van der Waals surface area contributed by atoms with E-state index in [-0.39, 0.29) is 6.61 Å². The monoisotopic (exact) mass is 302 g/mol. The van der Waals surface area contributed by atoms with Crippen LogP contribution in [0.4, 0.5) is 0 Å². The lowest BCUT2D eigenvalue weighted by molar-refractivity contribution is -0.123. The fourth-order valence-corrected chi connectivity index (χ4v) is 1.80. The fraction of sp³-hybridized carbons (Fsp3) is 0.250. The molecule has 0 aliphatic heterocycles. The molecule has 1 heterocycles. The van der Waals surface area contributed by atoms with Crippen molar-refractivity contribution in [3.05, 3.63) is 53.0 Å². The van der Waals surface area contributed by atoms with E-state index in [4.69, 9.17) is 9.15 Å². The summed E-state index contributed by atoms with van der Waals surface area (Å²) in [5, 5.41) is 0. The highest BCUT2D eigenvalue weighted by Gasteiger charge is 2.12. The molecule has 2 amide bonds. The average Bonchev–Trinajstić information content (AvgIpc) is 2.92. The second-order valence-corrected chi connectivity index (χ2v) is 4.93. The molecule has 0 saturated carbocycles. The standard InChI is InChI=1S/C16H18N2O4/c1-10-4-5-13(8-11(10)2)22-9-15(19)17-18-16(20)14-6-7-21-12(14)3/h4-8H,9H2,1-3H3,(H,17,19)(H,18,20). The minimum Gasteiger partial charge on any atom is -0.484 e. The first-order chi connectivity index (χ1) is 10.5. The Morgan fingerprint density at radius 2 is 1.86 bits per heavy atom. The second kappa shape index (κ2) is 6.80. The molecule has 116 valence electrons. The van der Waals surface area contributed by atoms with Crippen LogP contribution in [0.1, 0.15) is 27.2 Å². The third-order valence-electron chi connectivity index (χ3n) is 3.27. The summed E-state index contributed by atoms with van der Waals surface area (Å²) in [5.74, 6) is 0.201. The Morgan fingerprint density at radius 1 is 1.09 bits per heavy atom. The third-order valence-corrected chi connectivity index (χ3v) is 3.27. The van der Waals surface area contributed by atoms with Crippen LogP contribution in [-0.2, 0) is 4.79 Å². The van der Waals surface area contributed by atoms with Crippen molar-refractivity contribution in [3.8, 4) is 5.75 Å². The molecule has 2 rings (SSSR count). The van der Waals surface area contributed by atoms with Gasteiger partial charge in [0.15, 0.2) is 6.61 Å². The summed E-state index contributed by atoms with van der Waals surface area (Å²) < 4.78 is 10.4. The van der Waals surface area contributed by atoms with Gasteiger partial charge in [0, 0.05) is 0 Å². The van der Waals surface area contributed by atoms with E-state index in [1.54, 1.807) is 13.0 Å². The van der Waals surface area contributed by atoms with E-state index in [1.165, 1.54) is 12.3 Å². The highest BCUT2D eigenvalue weighted by Crippen LogP contribution is 2.16. The van der Waals surface area contributed by atoms with Crippen molar-refractivity contribution < 1.29 is 18.7 Å². The molecule has 0 fully saturated rings. The number of nitrogens with one attached hydrogen (secondary N) is 2. The minimum atomic E-state index is -0.451. The zero-order valence-electron chi connectivity index (χ0n) is 12.7. The Labute approximate surface area is 128 Å². The lowest BCUT2D eigenvalue weighted by atomic mass is 10.1. The maximum atomic E-state index is 11.8. The van der Waals surface area contributed by atoms with Crippen molar-refractivity contribution in [2.75, 3.05) is 6.61 Å². The lowest BCUT2D eigenvalue weighted by Crippen LogP contribution is -2.43. The Kier molecular flexibility index (Phi) is 4.83. The molecule has 0 atom stereocenters. The van der Waals surface area contributed by atoms with Gasteiger partial charge in [-0.05, 0) is 50.1 Å². The van der Waals surface area contributed by atoms with Gasteiger partial charge in [0.1, 0.15) is 11.5 Å². The molecule has 2 aromatic rings.